The number of nitrogens with zero attached hydrogens (tertiary/aromatic N) is 5. The van der Waals surface area contributed by atoms with Gasteiger partial charge in [0.05, 0.1) is 12.9 Å². The summed E-state index contributed by atoms with van der Waals surface area (Å²) in [5.41, 5.74) is 0. The summed E-state index contributed by atoms with van der Waals surface area (Å²) in [7, 11) is 0. The van der Waals surface area contributed by atoms with Gasteiger partial charge < -0.3 is 14.6 Å². The third kappa shape index (κ3) is 4.36. The average Bonchev–Trinajstić information content (AvgIpc) is 2.89. The molecule has 0 atom stereocenters. The molecule has 0 saturated carbocycles. The number of imidazole rings is 1. The highest BCUT2D eigenvalue weighted by Crippen LogP contribution is 2.11. The normalized spacial score (nSPS) is 10.4. The topological polar surface area (TPSA) is 77.8 Å². The van der Waals surface area contributed by atoms with Gasteiger partial charge in [0.25, 0.3) is 0 Å². The van der Waals surface area contributed by atoms with Crippen LogP contribution in [0.3, 0.4) is 0 Å². The molecule has 2 heterocycles. The molecule has 0 aliphatic carbocycles. The molecular weight excluding hydrogens is 268 g/mol. The van der Waals surface area contributed by atoms with E-state index in [1.54, 1.807) is 12.5 Å². The minimum atomic E-state index is 0.117. The van der Waals surface area contributed by atoms with Crippen LogP contribution in [0.1, 0.15) is 13.3 Å². The van der Waals surface area contributed by atoms with Gasteiger partial charge in [0, 0.05) is 25.5 Å². The van der Waals surface area contributed by atoms with Crippen LogP contribution in [0, 0.1) is 0 Å². The van der Waals surface area contributed by atoms with Crippen LogP contribution in [0.4, 0.5) is 5.95 Å². The Bertz CT molecular complexity index is 504. The molecular formula is C11H15ClN6O. The third-order valence-corrected chi connectivity index (χ3v) is 2.40. The summed E-state index contributed by atoms with van der Waals surface area (Å²) in [6.07, 6.45) is 6.25. The van der Waals surface area contributed by atoms with Crippen molar-refractivity contribution in [1.82, 2.24) is 24.5 Å². The van der Waals surface area contributed by atoms with E-state index in [1.165, 1.54) is 0 Å². The van der Waals surface area contributed by atoms with Crippen molar-refractivity contribution in [2.45, 2.75) is 19.9 Å². The van der Waals surface area contributed by atoms with E-state index >= 15 is 0 Å². The second-order valence-electron chi connectivity index (χ2n) is 3.79. The smallest absolute Gasteiger partial charge is 0.322 e. The summed E-state index contributed by atoms with van der Waals surface area (Å²) in [6.45, 7) is 3.97. The molecule has 2 rings (SSSR count). The summed E-state index contributed by atoms with van der Waals surface area (Å²) < 4.78 is 7.28. The van der Waals surface area contributed by atoms with Gasteiger partial charge in [0.2, 0.25) is 11.2 Å². The van der Waals surface area contributed by atoms with Crippen LogP contribution in [0.25, 0.3) is 0 Å². The Morgan fingerprint density at radius 3 is 3.00 bits per heavy atom. The molecule has 2 aromatic heterocycles. The fraction of sp³-hybridized carbons (Fsp3) is 0.455. The molecule has 0 unspecified atom stereocenters. The van der Waals surface area contributed by atoms with Gasteiger partial charge in [-0.05, 0) is 18.0 Å². The van der Waals surface area contributed by atoms with Crippen molar-refractivity contribution in [2.24, 2.45) is 0 Å². The van der Waals surface area contributed by atoms with E-state index in [4.69, 9.17) is 16.3 Å². The van der Waals surface area contributed by atoms with Gasteiger partial charge in [-0.25, -0.2) is 4.98 Å². The lowest BCUT2D eigenvalue weighted by molar-refractivity contribution is 0.291. The average molecular weight is 283 g/mol. The molecule has 0 aromatic carbocycles. The number of hydrogen-bond donors (Lipinski definition) is 1. The Kier molecular flexibility index (Phi) is 4.91. The Morgan fingerprint density at radius 2 is 2.26 bits per heavy atom. The fourth-order valence-electron chi connectivity index (χ4n) is 1.38. The zero-order valence-electron chi connectivity index (χ0n) is 10.6. The van der Waals surface area contributed by atoms with E-state index in [1.807, 2.05) is 17.7 Å². The number of aromatic nitrogens is 5. The van der Waals surface area contributed by atoms with Gasteiger partial charge in [-0.3, -0.25) is 0 Å². The van der Waals surface area contributed by atoms with E-state index in [0.717, 1.165) is 13.0 Å². The Balaban J connectivity index is 1.90. The van der Waals surface area contributed by atoms with Crippen LogP contribution >= 0.6 is 11.6 Å². The lowest BCUT2D eigenvalue weighted by Gasteiger charge is -2.07. The number of nitrogens with one attached hydrogen (secondary N) is 1. The maximum Gasteiger partial charge on any atom is 0.322 e. The van der Waals surface area contributed by atoms with E-state index in [0.29, 0.717) is 19.1 Å². The molecule has 0 amide bonds. The Hall–Kier alpha value is -1.89. The van der Waals surface area contributed by atoms with Crippen molar-refractivity contribution in [1.29, 1.82) is 0 Å². The summed E-state index contributed by atoms with van der Waals surface area (Å²) in [5, 5.41) is 3.18. The lowest BCUT2D eigenvalue weighted by Crippen LogP contribution is -2.12. The molecule has 0 aliphatic heterocycles. The number of halogens is 1. The van der Waals surface area contributed by atoms with Crippen LogP contribution in [-0.4, -0.2) is 37.7 Å². The first-order chi connectivity index (χ1) is 9.28. The molecule has 102 valence electrons. The molecule has 0 spiro atoms. The number of ether oxygens (including phenoxy) is 1. The molecule has 8 heteroatoms. The van der Waals surface area contributed by atoms with Crippen molar-refractivity contribution < 1.29 is 4.74 Å². The number of anilines is 1. The van der Waals surface area contributed by atoms with Crippen LogP contribution in [0.2, 0.25) is 5.28 Å². The van der Waals surface area contributed by atoms with E-state index in [2.05, 4.69) is 25.3 Å². The Labute approximate surface area is 116 Å². The maximum atomic E-state index is 5.81. The highest BCUT2D eigenvalue weighted by Gasteiger charge is 2.05. The third-order valence-electron chi connectivity index (χ3n) is 2.24. The molecule has 0 fully saturated rings. The SMILES string of the molecule is CCCOc1nc(Cl)nc(NCCn2ccnc2)n1. The van der Waals surface area contributed by atoms with E-state index in [-0.39, 0.29) is 11.3 Å². The molecule has 0 saturated heterocycles. The Morgan fingerprint density at radius 1 is 1.37 bits per heavy atom. The number of rotatable bonds is 7. The minimum absolute atomic E-state index is 0.117. The van der Waals surface area contributed by atoms with Crippen LogP contribution in [0.15, 0.2) is 18.7 Å². The molecule has 0 aliphatic rings. The van der Waals surface area contributed by atoms with Gasteiger partial charge in [0.1, 0.15) is 0 Å². The van der Waals surface area contributed by atoms with Crippen LogP contribution in [-0.2, 0) is 6.54 Å². The van der Waals surface area contributed by atoms with Crippen molar-refractivity contribution in [2.75, 3.05) is 18.5 Å². The highest BCUT2D eigenvalue weighted by molar-refractivity contribution is 6.28. The van der Waals surface area contributed by atoms with E-state index in [9.17, 15) is 0 Å². The summed E-state index contributed by atoms with van der Waals surface area (Å²) in [6, 6.07) is 0.243. The maximum absolute atomic E-state index is 5.81. The molecule has 19 heavy (non-hydrogen) atoms. The first kappa shape index (κ1) is 13.5. The second-order valence-corrected chi connectivity index (χ2v) is 4.12. The number of hydrogen-bond acceptors (Lipinski definition) is 6. The van der Waals surface area contributed by atoms with Crippen LogP contribution in [0.5, 0.6) is 6.01 Å². The summed E-state index contributed by atoms with van der Waals surface area (Å²) in [5.74, 6) is 0.409. The fourth-order valence-corrected chi connectivity index (χ4v) is 1.54. The minimum Gasteiger partial charge on any atom is -0.463 e. The van der Waals surface area contributed by atoms with Gasteiger partial charge >= 0.3 is 6.01 Å². The van der Waals surface area contributed by atoms with Gasteiger partial charge in [-0.15, -0.1) is 0 Å². The summed E-state index contributed by atoms with van der Waals surface area (Å²) >= 11 is 5.81. The van der Waals surface area contributed by atoms with E-state index < -0.39 is 0 Å². The zero-order chi connectivity index (χ0) is 13.5. The molecule has 7 nitrogen and oxygen atoms in total. The van der Waals surface area contributed by atoms with Crippen molar-refractivity contribution in [3.05, 3.63) is 24.0 Å². The molecule has 1 N–H and O–H groups in total. The first-order valence-electron chi connectivity index (χ1n) is 6.02. The summed E-state index contributed by atoms with van der Waals surface area (Å²) in [4.78, 5) is 16.0. The van der Waals surface area contributed by atoms with Crippen molar-refractivity contribution >= 4 is 17.5 Å². The standard InChI is InChI=1S/C11H15ClN6O/c1-2-7-19-11-16-9(12)15-10(17-11)14-4-6-18-5-3-13-8-18/h3,5,8H,2,4,6-7H2,1H3,(H,14,15,16,17). The zero-order valence-corrected chi connectivity index (χ0v) is 11.3. The van der Waals surface area contributed by atoms with Crippen LogP contribution < -0.4 is 10.1 Å². The van der Waals surface area contributed by atoms with Crippen molar-refractivity contribution in [3.63, 3.8) is 0 Å². The predicted octanol–water partition coefficient (Wildman–Crippen LogP) is 1.62. The van der Waals surface area contributed by atoms with Gasteiger partial charge in [-0.1, -0.05) is 6.92 Å². The second kappa shape index (κ2) is 6.89. The highest BCUT2D eigenvalue weighted by atomic mass is 35.5. The predicted molar refractivity (Wildman–Crippen MR) is 71.3 cm³/mol. The lowest BCUT2D eigenvalue weighted by atomic mass is 10.5. The monoisotopic (exact) mass is 282 g/mol. The largest absolute Gasteiger partial charge is 0.463 e. The first-order valence-corrected chi connectivity index (χ1v) is 6.39. The molecule has 0 radical (unpaired) electrons. The van der Waals surface area contributed by atoms with Gasteiger partial charge in [0.15, 0.2) is 0 Å². The van der Waals surface area contributed by atoms with Crippen molar-refractivity contribution in [3.8, 4) is 6.01 Å². The molecule has 2 aromatic rings. The molecule has 0 bridgehead atoms. The quantitative estimate of drug-likeness (QED) is 0.831. The van der Waals surface area contributed by atoms with Gasteiger partial charge in [-0.2, -0.15) is 15.0 Å².